The summed E-state index contributed by atoms with van der Waals surface area (Å²) in [6.07, 6.45) is 0. The molecule has 0 radical (unpaired) electrons. The number of amides is 2. The van der Waals surface area contributed by atoms with Gasteiger partial charge in [-0.15, -0.1) is 46.2 Å². The zero-order valence-corrected chi connectivity index (χ0v) is 43.4. The van der Waals surface area contributed by atoms with Crippen molar-refractivity contribution in [3.8, 4) is 0 Å². The number of nitrogens with one attached hydrogen (secondary N) is 2. The highest BCUT2D eigenvalue weighted by molar-refractivity contribution is 8.02. The molecule has 0 saturated carbocycles. The Balaban J connectivity index is 0.967. The van der Waals surface area contributed by atoms with Crippen LogP contribution in [0.2, 0.25) is 0 Å². The number of carboxylic acids is 1. The molecule has 0 bridgehead atoms. The van der Waals surface area contributed by atoms with E-state index in [9.17, 15) is 23.9 Å². The first-order valence-corrected chi connectivity index (χ1v) is 27.8. The molecule has 2 aliphatic rings. The Morgan fingerprint density at radius 3 is 1.75 bits per heavy atom. The number of hydrogen-bond donors (Lipinski definition) is 3. The van der Waals surface area contributed by atoms with E-state index in [0.717, 1.165) is 33.4 Å². The van der Waals surface area contributed by atoms with Crippen LogP contribution in [0.25, 0.3) is 10.1 Å². The number of carboxylic acid groups (broad SMARTS) is 1. The van der Waals surface area contributed by atoms with E-state index in [1.54, 1.807) is 5.38 Å². The number of carbonyl (C=O) groups is 3. The predicted octanol–water partition coefficient (Wildman–Crippen LogP) is 11.5. The van der Waals surface area contributed by atoms with Crippen molar-refractivity contribution in [1.82, 2.24) is 15.2 Å². The van der Waals surface area contributed by atoms with Crippen LogP contribution in [0.3, 0.4) is 0 Å². The third-order valence-electron chi connectivity index (χ3n) is 13.3. The maximum Gasteiger partial charge on any atom is 0.352 e. The van der Waals surface area contributed by atoms with Gasteiger partial charge in [-0.2, -0.15) is 0 Å². The zero-order valence-electron chi connectivity index (χ0n) is 40.1. The summed E-state index contributed by atoms with van der Waals surface area (Å²) in [6.45, 7) is 0. The Labute approximate surface area is 452 Å². The second-order valence-corrected chi connectivity index (χ2v) is 22.1. The normalized spacial score (nSPS) is 15.7. The van der Waals surface area contributed by atoms with Gasteiger partial charge in [0.2, 0.25) is 5.60 Å². The standard InChI is InChI=1S/C60H44FN5O6S4/c61-45-31-32-46-48(67)34-50(76-49(46)33-45)73-35-38-36-74-56-52(55(69)66(56)53(38)57(70)71)63-54(68)51(65-72-60(42-25-13-4-14-26-42,43-27-15-5-16-28-43)44-29-17-6-18-30-44)47-37-75-58(62-47)64-59(39-19-7-1-8-20-39,40-21-9-2-10-22-40)41-23-11-3-12-24-41/h1-34,37,52,56H,35-36H2,(H,62,64)(H,63,68)(H,70,71)/t52?,56-/m0/s1. The topological polar surface area (TPSA) is 150 Å². The van der Waals surface area contributed by atoms with Gasteiger partial charge in [-0.1, -0.05) is 187 Å². The number of fused-ring (bicyclic) bond motifs is 2. The first kappa shape index (κ1) is 50.0. The maximum atomic E-state index is 15.2. The molecule has 4 heterocycles. The number of hydrogen-bond acceptors (Lipinski definition) is 12. The first-order valence-electron chi connectivity index (χ1n) is 24.0. The van der Waals surface area contributed by atoms with Crippen molar-refractivity contribution in [2.75, 3.05) is 16.8 Å². The Kier molecular flexibility index (Phi) is 14.2. The number of rotatable bonds is 17. The first-order chi connectivity index (χ1) is 37.1. The summed E-state index contributed by atoms with van der Waals surface area (Å²) in [6, 6.07) is 63.2. The van der Waals surface area contributed by atoms with Gasteiger partial charge in [-0.05, 0) is 40.5 Å². The van der Waals surface area contributed by atoms with Crippen molar-refractivity contribution in [1.29, 1.82) is 0 Å². The minimum atomic E-state index is -1.40. The van der Waals surface area contributed by atoms with E-state index < -0.39 is 46.2 Å². The molecule has 0 aliphatic carbocycles. The van der Waals surface area contributed by atoms with Crippen LogP contribution in [0.1, 0.15) is 39.1 Å². The molecule has 2 aliphatic heterocycles. The van der Waals surface area contributed by atoms with Gasteiger partial charge in [0.05, 0.1) is 4.21 Å². The van der Waals surface area contributed by atoms with Crippen LogP contribution < -0.4 is 16.1 Å². The van der Waals surface area contributed by atoms with Gasteiger partial charge in [0.25, 0.3) is 11.8 Å². The molecule has 1 fully saturated rings. The van der Waals surface area contributed by atoms with E-state index in [4.69, 9.17) is 15.0 Å². The molecule has 11 nitrogen and oxygen atoms in total. The van der Waals surface area contributed by atoms with E-state index in [1.807, 2.05) is 146 Å². The number of oxime groups is 1. The van der Waals surface area contributed by atoms with Crippen molar-refractivity contribution < 1.29 is 28.7 Å². The molecular weight excluding hydrogens is 1030 g/mol. The lowest BCUT2D eigenvalue weighted by Crippen LogP contribution is -2.71. The van der Waals surface area contributed by atoms with Crippen LogP contribution in [0.4, 0.5) is 9.52 Å². The second-order valence-electron chi connectivity index (χ2n) is 17.8. The summed E-state index contributed by atoms with van der Waals surface area (Å²) < 4.78 is 15.2. The SMILES string of the molecule is O=C(O)C1=C(CSc2cc(=O)c3ccc(F)cc3s2)CS[C@H]2C(NC(=O)C(=NOC(c3ccccc3)(c3ccccc3)c3ccccc3)c3csc(NC(c4ccccc4)(c4ccccc4)c4ccccc4)n3)C(=O)N12. The molecule has 3 N–H and O–H groups in total. The minimum Gasteiger partial charge on any atom is -0.477 e. The van der Waals surface area contributed by atoms with E-state index in [1.165, 1.54) is 75.4 Å². The Morgan fingerprint density at radius 2 is 1.24 bits per heavy atom. The van der Waals surface area contributed by atoms with Crippen LogP contribution in [0.15, 0.2) is 237 Å². The van der Waals surface area contributed by atoms with Gasteiger partial charge in [-0.25, -0.2) is 14.2 Å². The summed E-state index contributed by atoms with van der Waals surface area (Å²) in [5.74, 6) is -2.80. The van der Waals surface area contributed by atoms with Gasteiger partial charge in [-0.3, -0.25) is 19.3 Å². The second kappa shape index (κ2) is 21.6. The number of nitrogens with zero attached hydrogens (tertiary/aromatic N) is 3. The summed E-state index contributed by atoms with van der Waals surface area (Å²) in [5, 5.41) is 23.9. The molecule has 11 rings (SSSR count). The zero-order chi connectivity index (χ0) is 52.2. The largest absolute Gasteiger partial charge is 0.477 e. The average molecular weight is 1080 g/mol. The quantitative estimate of drug-likeness (QED) is 0.0264. The fraction of sp³-hybridized carbons (Fsp3) is 0.100. The number of thiazole rings is 1. The van der Waals surface area contributed by atoms with Crippen molar-refractivity contribution in [3.63, 3.8) is 0 Å². The third-order valence-corrected chi connectivity index (χ3v) is 17.8. The highest BCUT2D eigenvalue weighted by atomic mass is 32.2. The van der Waals surface area contributed by atoms with Gasteiger partial charge >= 0.3 is 5.97 Å². The van der Waals surface area contributed by atoms with Gasteiger partial charge in [0.1, 0.15) is 34.2 Å². The molecule has 0 spiro atoms. The number of halogens is 1. The van der Waals surface area contributed by atoms with E-state index in [0.29, 0.717) is 25.0 Å². The number of aromatic nitrogens is 1. The molecule has 376 valence electrons. The van der Waals surface area contributed by atoms with Crippen molar-refractivity contribution >= 4 is 84.9 Å². The molecule has 2 atom stereocenters. The summed E-state index contributed by atoms with van der Waals surface area (Å²) in [7, 11) is 0. The summed E-state index contributed by atoms with van der Waals surface area (Å²) in [5.41, 5.74) is 2.57. The van der Waals surface area contributed by atoms with E-state index in [2.05, 4.69) is 47.0 Å². The van der Waals surface area contributed by atoms with Gasteiger partial charge in [0.15, 0.2) is 16.3 Å². The molecule has 9 aromatic rings. The summed E-state index contributed by atoms with van der Waals surface area (Å²) >= 11 is 5.05. The highest BCUT2D eigenvalue weighted by Crippen LogP contribution is 2.45. The fourth-order valence-electron chi connectivity index (χ4n) is 9.72. The molecule has 1 saturated heterocycles. The molecular formula is C60H44FN5O6S4. The number of benzene rings is 7. The van der Waals surface area contributed by atoms with Crippen LogP contribution >= 0.6 is 46.2 Å². The molecule has 16 heteroatoms. The van der Waals surface area contributed by atoms with Gasteiger partial charge in [0, 0.05) is 49.7 Å². The van der Waals surface area contributed by atoms with Crippen molar-refractivity contribution in [2.45, 2.75) is 26.8 Å². The third kappa shape index (κ3) is 9.49. The van der Waals surface area contributed by atoms with Crippen molar-refractivity contribution in [2.24, 2.45) is 5.16 Å². The molecule has 1 unspecified atom stereocenters. The molecule has 2 aromatic heterocycles. The highest BCUT2D eigenvalue weighted by Gasteiger charge is 2.54. The molecule has 7 aromatic carbocycles. The smallest absolute Gasteiger partial charge is 0.352 e. The lowest BCUT2D eigenvalue weighted by molar-refractivity contribution is -0.150. The predicted molar refractivity (Wildman–Crippen MR) is 300 cm³/mol. The molecule has 2 amide bonds. The summed E-state index contributed by atoms with van der Waals surface area (Å²) in [4.78, 5) is 68.6. The van der Waals surface area contributed by atoms with E-state index >= 15 is 4.79 Å². The number of β-lactam (4-membered cyclic amide) rings is 1. The monoisotopic (exact) mass is 1080 g/mol. The lowest BCUT2D eigenvalue weighted by atomic mass is 9.77. The fourth-order valence-corrected chi connectivity index (χ4v) is 14.2. The Morgan fingerprint density at radius 1 is 0.724 bits per heavy atom. The lowest BCUT2D eigenvalue weighted by Gasteiger charge is -2.49. The number of carbonyl (C=O) groups excluding carboxylic acids is 2. The van der Waals surface area contributed by atoms with Gasteiger partial charge < -0.3 is 20.6 Å². The number of thioether (sulfide) groups is 2. The Hall–Kier alpha value is -8.15. The molecule has 76 heavy (non-hydrogen) atoms. The number of aliphatic carboxylic acids is 1. The van der Waals surface area contributed by atoms with Crippen LogP contribution in [-0.4, -0.2) is 61.4 Å². The Bertz CT molecular complexity index is 3530. The average Bonchev–Trinajstić information content (AvgIpc) is 4.03. The van der Waals surface area contributed by atoms with Crippen LogP contribution in [-0.2, 0) is 30.4 Å². The van der Waals surface area contributed by atoms with Crippen LogP contribution in [0, 0.1) is 5.82 Å². The van der Waals surface area contributed by atoms with Crippen molar-refractivity contribution in [3.05, 3.63) is 278 Å². The van der Waals surface area contributed by atoms with Crippen LogP contribution in [0.5, 0.6) is 0 Å². The minimum absolute atomic E-state index is 0.152. The maximum absolute atomic E-state index is 15.2. The van der Waals surface area contributed by atoms with E-state index in [-0.39, 0.29) is 34.0 Å². The number of anilines is 1.